The molecule has 1 aliphatic carbocycles. The van der Waals surface area contributed by atoms with Crippen LogP contribution in [0.4, 0.5) is 4.39 Å². The Bertz CT molecular complexity index is 1050. The van der Waals surface area contributed by atoms with Crippen molar-refractivity contribution in [3.8, 4) is 0 Å². The molecule has 0 bridgehead atoms. The summed E-state index contributed by atoms with van der Waals surface area (Å²) in [4.78, 5) is 24.9. The normalized spacial score (nSPS) is 13.5. The van der Waals surface area contributed by atoms with Crippen LogP contribution in [0.3, 0.4) is 0 Å². The molecule has 4 rings (SSSR count). The number of nitrogens with zero attached hydrogens (tertiary/aromatic N) is 3. The van der Waals surface area contributed by atoms with E-state index in [0.29, 0.717) is 11.1 Å². The van der Waals surface area contributed by atoms with Crippen LogP contribution in [0.1, 0.15) is 36.1 Å². The van der Waals surface area contributed by atoms with Crippen molar-refractivity contribution in [3.05, 3.63) is 69.7 Å². The summed E-state index contributed by atoms with van der Waals surface area (Å²) >= 11 is 0. The monoisotopic (exact) mass is 368 g/mol. The lowest BCUT2D eigenvalue weighted by molar-refractivity contribution is -0.121. The second kappa shape index (κ2) is 7.34. The predicted octanol–water partition coefficient (Wildman–Crippen LogP) is 2.22. The van der Waals surface area contributed by atoms with E-state index in [1.54, 1.807) is 39.7 Å². The molecule has 0 saturated heterocycles. The van der Waals surface area contributed by atoms with Gasteiger partial charge in [0, 0.05) is 43.0 Å². The third-order valence-electron chi connectivity index (χ3n) is 5.05. The molecule has 1 N–H and O–H groups in total. The SMILES string of the molecule is O=C(CCn1ccn2nc3c(c2c1=O)CCCC3)NCc1ccccc1F. The van der Waals surface area contributed by atoms with Crippen LogP contribution in [0.15, 0.2) is 41.5 Å². The van der Waals surface area contributed by atoms with E-state index in [-0.39, 0.29) is 36.8 Å². The number of halogens is 1. The first-order valence-corrected chi connectivity index (χ1v) is 9.23. The van der Waals surface area contributed by atoms with Gasteiger partial charge >= 0.3 is 0 Å². The summed E-state index contributed by atoms with van der Waals surface area (Å²) in [5.41, 5.74) is 3.01. The first kappa shape index (κ1) is 17.5. The van der Waals surface area contributed by atoms with E-state index in [1.165, 1.54) is 6.07 Å². The zero-order chi connectivity index (χ0) is 18.8. The van der Waals surface area contributed by atoms with E-state index in [1.807, 2.05) is 0 Å². The Balaban J connectivity index is 1.44. The summed E-state index contributed by atoms with van der Waals surface area (Å²) < 4.78 is 16.8. The number of aromatic nitrogens is 3. The average molecular weight is 368 g/mol. The van der Waals surface area contributed by atoms with E-state index >= 15 is 0 Å². The van der Waals surface area contributed by atoms with Crippen molar-refractivity contribution < 1.29 is 9.18 Å². The van der Waals surface area contributed by atoms with Crippen LogP contribution in [0, 0.1) is 5.82 Å². The van der Waals surface area contributed by atoms with Crippen LogP contribution in [-0.4, -0.2) is 20.1 Å². The quantitative estimate of drug-likeness (QED) is 0.751. The molecule has 0 saturated carbocycles. The highest BCUT2D eigenvalue weighted by Crippen LogP contribution is 2.22. The Morgan fingerprint density at radius 1 is 1.19 bits per heavy atom. The van der Waals surface area contributed by atoms with Crippen molar-refractivity contribution in [2.24, 2.45) is 0 Å². The molecule has 0 radical (unpaired) electrons. The maximum Gasteiger partial charge on any atom is 0.276 e. The lowest BCUT2D eigenvalue weighted by atomic mass is 9.97. The molecule has 2 heterocycles. The summed E-state index contributed by atoms with van der Waals surface area (Å²) in [6.07, 6.45) is 7.55. The maximum atomic E-state index is 13.6. The molecule has 6 nitrogen and oxygen atoms in total. The van der Waals surface area contributed by atoms with Crippen LogP contribution < -0.4 is 10.9 Å². The number of carbonyl (C=O) groups is 1. The number of fused-ring (bicyclic) bond motifs is 3. The molecule has 2 aromatic heterocycles. The first-order valence-electron chi connectivity index (χ1n) is 9.23. The lowest BCUT2D eigenvalue weighted by Gasteiger charge is -2.10. The highest BCUT2D eigenvalue weighted by molar-refractivity contribution is 5.75. The molecule has 1 aromatic carbocycles. The highest BCUT2D eigenvalue weighted by Gasteiger charge is 2.19. The molecular weight excluding hydrogens is 347 g/mol. The van der Waals surface area contributed by atoms with Crippen LogP contribution in [0.25, 0.3) is 5.52 Å². The molecule has 140 valence electrons. The maximum absolute atomic E-state index is 13.6. The van der Waals surface area contributed by atoms with E-state index in [9.17, 15) is 14.0 Å². The molecule has 0 atom stereocenters. The van der Waals surface area contributed by atoms with Crippen LogP contribution in [-0.2, 0) is 30.7 Å². The largest absolute Gasteiger partial charge is 0.352 e. The van der Waals surface area contributed by atoms with Gasteiger partial charge in [-0.3, -0.25) is 9.59 Å². The number of carbonyl (C=O) groups excluding carboxylic acids is 1. The smallest absolute Gasteiger partial charge is 0.276 e. The Morgan fingerprint density at radius 2 is 2.00 bits per heavy atom. The number of benzene rings is 1. The van der Waals surface area contributed by atoms with Crippen LogP contribution in [0.2, 0.25) is 0 Å². The summed E-state index contributed by atoms with van der Waals surface area (Å²) in [7, 11) is 0. The topological polar surface area (TPSA) is 68.4 Å². The molecule has 1 amide bonds. The van der Waals surface area contributed by atoms with Gasteiger partial charge in [-0.25, -0.2) is 8.91 Å². The fraction of sp³-hybridized carbons (Fsp3) is 0.350. The highest BCUT2D eigenvalue weighted by atomic mass is 19.1. The minimum atomic E-state index is -0.343. The summed E-state index contributed by atoms with van der Waals surface area (Å²) in [6.45, 7) is 0.411. The van der Waals surface area contributed by atoms with Crippen molar-refractivity contribution >= 4 is 11.4 Å². The second-order valence-corrected chi connectivity index (χ2v) is 6.84. The zero-order valence-corrected chi connectivity index (χ0v) is 14.9. The average Bonchev–Trinajstić information content (AvgIpc) is 3.06. The van der Waals surface area contributed by atoms with Crippen molar-refractivity contribution in [2.75, 3.05) is 0 Å². The number of nitrogens with one attached hydrogen (secondary N) is 1. The summed E-state index contributed by atoms with van der Waals surface area (Å²) in [5.74, 6) is -0.564. The first-order chi connectivity index (χ1) is 13.1. The van der Waals surface area contributed by atoms with E-state index in [4.69, 9.17) is 0 Å². The number of hydrogen-bond acceptors (Lipinski definition) is 3. The van der Waals surface area contributed by atoms with Gasteiger partial charge in [0.1, 0.15) is 11.3 Å². The fourth-order valence-electron chi connectivity index (χ4n) is 3.58. The molecule has 0 spiro atoms. The predicted molar refractivity (Wildman–Crippen MR) is 99.0 cm³/mol. The van der Waals surface area contributed by atoms with E-state index in [2.05, 4.69) is 10.4 Å². The third-order valence-corrected chi connectivity index (χ3v) is 5.05. The van der Waals surface area contributed by atoms with Gasteiger partial charge in [-0.1, -0.05) is 18.2 Å². The number of amides is 1. The Hall–Kier alpha value is -2.96. The summed E-state index contributed by atoms with van der Waals surface area (Å²) in [6, 6.07) is 6.34. The zero-order valence-electron chi connectivity index (χ0n) is 14.9. The number of rotatable bonds is 5. The second-order valence-electron chi connectivity index (χ2n) is 6.84. The number of hydrogen-bond donors (Lipinski definition) is 1. The Morgan fingerprint density at radius 3 is 2.85 bits per heavy atom. The summed E-state index contributed by atoms with van der Waals surface area (Å²) in [5, 5.41) is 7.21. The molecule has 0 fully saturated rings. The van der Waals surface area contributed by atoms with Crippen molar-refractivity contribution in [1.82, 2.24) is 19.5 Å². The van der Waals surface area contributed by atoms with Crippen molar-refractivity contribution in [2.45, 2.75) is 45.2 Å². The van der Waals surface area contributed by atoms with Gasteiger partial charge in [0.2, 0.25) is 5.91 Å². The van der Waals surface area contributed by atoms with Crippen molar-refractivity contribution in [1.29, 1.82) is 0 Å². The molecule has 0 aliphatic heterocycles. The van der Waals surface area contributed by atoms with Crippen LogP contribution >= 0.6 is 0 Å². The minimum absolute atomic E-state index is 0.116. The van der Waals surface area contributed by atoms with Crippen molar-refractivity contribution in [3.63, 3.8) is 0 Å². The third kappa shape index (κ3) is 3.49. The van der Waals surface area contributed by atoms with Gasteiger partial charge in [-0.05, 0) is 31.7 Å². The van der Waals surface area contributed by atoms with Gasteiger partial charge in [-0.15, -0.1) is 0 Å². The lowest BCUT2D eigenvalue weighted by Crippen LogP contribution is -2.28. The van der Waals surface area contributed by atoms with Gasteiger partial charge < -0.3 is 9.88 Å². The molecule has 27 heavy (non-hydrogen) atoms. The van der Waals surface area contributed by atoms with Gasteiger partial charge in [0.15, 0.2) is 0 Å². The van der Waals surface area contributed by atoms with E-state index in [0.717, 1.165) is 36.9 Å². The van der Waals surface area contributed by atoms with Gasteiger partial charge in [0.25, 0.3) is 5.56 Å². The van der Waals surface area contributed by atoms with Crippen LogP contribution in [0.5, 0.6) is 0 Å². The molecule has 0 unspecified atom stereocenters. The number of aryl methyl sites for hydroxylation is 3. The molecule has 7 heteroatoms. The molecular formula is C20H21FN4O2. The van der Waals surface area contributed by atoms with Gasteiger partial charge in [0.05, 0.1) is 5.69 Å². The molecule has 1 aliphatic rings. The standard InChI is InChI=1S/C20H21FN4O2/c21-16-7-3-1-5-14(16)13-22-18(26)9-10-24-11-12-25-19(20(24)27)15-6-2-4-8-17(15)23-25/h1,3,5,7,11-12H,2,4,6,8-10,13H2,(H,22,26). The van der Waals surface area contributed by atoms with E-state index < -0.39 is 0 Å². The molecule has 3 aromatic rings. The Kier molecular flexibility index (Phi) is 4.75. The van der Waals surface area contributed by atoms with Gasteiger partial charge in [-0.2, -0.15) is 5.10 Å². The Labute approximate surface area is 155 Å². The fourth-order valence-corrected chi connectivity index (χ4v) is 3.58. The minimum Gasteiger partial charge on any atom is -0.352 e.